The Bertz CT molecular complexity index is 410. The highest BCUT2D eigenvalue weighted by Crippen LogP contribution is 2.20. The second-order valence-corrected chi connectivity index (χ2v) is 3.23. The third-order valence-corrected chi connectivity index (χ3v) is 2.30. The summed E-state index contributed by atoms with van der Waals surface area (Å²) in [7, 11) is 0. The fraction of sp³-hybridized carbons (Fsp3) is 0.182. The van der Waals surface area contributed by atoms with Crippen LogP contribution in [0.1, 0.15) is 32.7 Å². The maximum Gasteiger partial charge on any atom is 0.259 e. The Morgan fingerprint density at radius 3 is 2.71 bits per heavy atom. The van der Waals surface area contributed by atoms with Gasteiger partial charge in [0.1, 0.15) is 0 Å². The molecule has 1 aliphatic rings. The molecule has 2 amide bonds. The molecule has 1 aromatic rings. The molecule has 2 rings (SSSR count). The van der Waals surface area contributed by atoms with E-state index in [0.29, 0.717) is 11.1 Å². The van der Waals surface area contributed by atoms with Crippen LogP contribution in [0.4, 0.5) is 0 Å². The van der Waals surface area contributed by atoms with Gasteiger partial charge >= 0.3 is 0 Å². The van der Waals surface area contributed by atoms with Crippen molar-refractivity contribution in [2.45, 2.75) is 12.8 Å². The molecule has 0 bridgehead atoms. The van der Waals surface area contributed by atoms with Gasteiger partial charge in [0.25, 0.3) is 11.8 Å². The zero-order valence-corrected chi connectivity index (χ0v) is 7.67. The first-order valence-corrected chi connectivity index (χ1v) is 4.51. The minimum atomic E-state index is -0.295. The smallest absolute Gasteiger partial charge is 0.259 e. The second-order valence-electron chi connectivity index (χ2n) is 3.23. The molecule has 0 spiro atoms. The summed E-state index contributed by atoms with van der Waals surface area (Å²) in [6.07, 6.45) is 1.45. The van der Waals surface area contributed by atoms with Crippen LogP contribution in [0.2, 0.25) is 0 Å². The van der Waals surface area contributed by atoms with Gasteiger partial charge in [-0.15, -0.1) is 0 Å². The van der Waals surface area contributed by atoms with Gasteiger partial charge in [0.2, 0.25) is 0 Å². The number of imide groups is 1. The SMILES string of the molecule is [CH2]CCc1cccc2c1C(=O)NC2=O. The third-order valence-electron chi connectivity index (χ3n) is 2.30. The van der Waals surface area contributed by atoms with Gasteiger partial charge in [0, 0.05) is 0 Å². The maximum absolute atomic E-state index is 11.4. The van der Waals surface area contributed by atoms with Crippen molar-refractivity contribution in [3.8, 4) is 0 Å². The molecule has 71 valence electrons. The second kappa shape index (κ2) is 3.25. The molecule has 0 saturated heterocycles. The molecule has 1 N–H and O–H groups in total. The summed E-state index contributed by atoms with van der Waals surface area (Å²) in [5.74, 6) is -0.579. The van der Waals surface area contributed by atoms with E-state index in [1.807, 2.05) is 6.07 Å². The molecule has 14 heavy (non-hydrogen) atoms. The molecule has 3 heteroatoms. The molecular formula is C11H10NO2. The zero-order valence-electron chi connectivity index (χ0n) is 7.67. The molecule has 3 nitrogen and oxygen atoms in total. The number of benzene rings is 1. The summed E-state index contributed by atoms with van der Waals surface area (Å²) < 4.78 is 0. The van der Waals surface area contributed by atoms with Crippen molar-refractivity contribution in [2.75, 3.05) is 0 Å². The lowest BCUT2D eigenvalue weighted by Crippen LogP contribution is -2.20. The van der Waals surface area contributed by atoms with Crippen molar-refractivity contribution in [3.63, 3.8) is 0 Å². The Morgan fingerprint density at radius 2 is 2.00 bits per heavy atom. The van der Waals surface area contributed by atoms with Gasteiger partial charge in [-0.05, 0) is 24.5 Å². The number of amides is 2. The fourth-order valence-corrected chi connectivity index (χ4v) is 1.69. The first-order chi connectivity index (χ1) is 6.74. The van der Waals surface area contributed by atoms with Crippen LogP contribution in [0.5, 0.6) is 0 Å². The van der Waals surface area contributed by atoms with Crippen LogP contribution < -0.4 is 5.32 Å². The Hall–Kier alpha value is -1.64. The minimum Gasteiger partial charge on any atom is -0.288 e. The normalized spacial score (nSPS) is 14.1. The Kier molecular flexibility index (Phi) is 2.08. The average Bonchev–Trinajstić information content (AvgIpc) is 2.44. The molecule has 0 saturated carbocycles. The van der Waals surface area contributed by atoms with Gasteiger partial charge in [0.15, 0.2) is 0 Å². The van der Waals surface area contributed by atoms with Crippen LogP contribution in [-0.4, -0.2) is 11.8 Å². The Morgan fingerprint density at radius 1 is 1.21 bits per heavy atom. The predicted octanol–water partition coefficient (Wildman–Crippen LogP) is 1.34. The van der Waals surface area contributed by atoms with Gasteiger partial charge in [-0.25, -0.2) is 0 Å². The average molecular weight is 188 g/mol. The summed E-state index contributed by atoms with van der Waals surface area (Å²) in [4.78, 5) is 22.7. The van der Waals surface area contributed by atoms with Gasteiger partial charge in [-0.2, -0.15) is 0 Å². The first kappa shape index (κ1) is 8.94. The number of carbonyl (C=O) groups is 2. The Labute approximate surface area is 82.1 Å². The number of aryl methyl sites for hydroxylation is 1. The molecule has 0 fully saturated rings. The van der Waals surface area contributed by atoms with Crippen molar-refractivity contribution < 1.29 is 9.59 Å². The van der Waals surface area contributed by atoms with Crippen LogP contribution in [-0.2, 0) is 6.42 Å². The summed E-state index contributed by atoms with van der Waals surface area (Å²) >= 11 is 0. The first-order valence-electron chi connectivity index (χ1n) is 4.51. The van der Waals surface area contributed by atoms with Gasteiger partial charge in [0.05, 0.1) is 11.1 Å². The monoisotopic (exact) mass is 188 g/mol. The van der Waals surface area contributed by atoms with E-state index in [4.69, 9.17) is 0 Å². The number of hydrogen-bond acceptors (Lipinski definition) is 2. The Balaban J connectivity index is 2.56. The molecule has 0 aliphatic carbocycles. The van der Waals surface area contributed by atoms with E-state index in [2.05, 4.69) is 12.2 Å². The number of fused-ring (bicyclic) bond motifs is 1. The van der Waals surface area contributed by atoms with Crippen LogP contribution in [0.3, 0.4) is 0 Å². The fourth-order valence-electron chi connectivity index (χ4n) is 1.69. The van der Waals surface area contributed by atoms with Crippen molar-refractivity contribution in [2.24, 2.45) is 0 Å². The highest BCUT2D eigenvalue weighted by atomic mass is 16.2. The third kappa shape index (κ3) is 1.21. The number of hydrogen-bond donors (Lipinski definition) is 1. The highest BCUT2D eigenvalue weighted by Gasteiger charge is 2.28. The van der Waals surface area contributed by atoms with E-state index in [0.717, 1.165) is 18.4 Å². The molecule has 1 radical (unpaired) electrons. The van der Waals surface area contributed by atoms with E-state index in [9.17, 15) is 9.59 Å². The lowest BCUT2D eigenvalue weighted by atomic mass is 9.99. The number of nitrogens with one attached hydrogen (secondary N) is 1. The lowest BCUT2D eigenvalue weighted by Gasteiger charge is -2.02. The van der Waals surface area contributed by atoms with E-state index in [1.165, 1.54) is 0 Å². The molecule has 1 heterocycles. The molecular weight excluding hydrogens is 178 g/mol. The molecule has 0 atom stereocenters. The van der Waals surface area contributed by atoms with Gasteiger partial charge in [-0.1, -0.05) is 19.1 Å². The van der Waals surface area contributed by atoms with Gasteiger partial charge < -0.3 is 0 Å². The van der Waals surface area contributed by atoms with Crippen LogP contribution in [0, 0.1) is 6.92 Å². The molecule has 1 aromatic carbocycles. The summed E-state index contributed by atoms with van der Waals surface area (Å²) in [6.45, 7) is 3.73. The van der Waals surface area contributed by atoms with Crippen molar-refractivity contribution in [1.29, 1.82) is 0 Å². The minimum absolute atomic E-state index is 0.283. The largest absolute Gasteiger partial charge is 0.288 e. The molecule has 1 aliphatic heterocycles. The lowest BCUT2D eigenvalue weighted by molar-refractivity contribution is 0.0879. The molecule has 0 unspecified atom stereocenters. The van der Waals surface area contributed by atoms with Gasteiger partial charge in [-0.3, -0.25) is 14.9 Å². The van der Waals surface area contributed by atoms with Crippen molar-refractivity contribution in [3.05, 3.63) is 41.8 Å². The van der Waals surface area contributed by atoms with E-state index >= 15 is 0 Å². The highest BCUT2D eigenvalue weighted by molar-refractivity contribution is 6.22. The zero-order chi connectivity index (χ0) is 10.1. The van der Waals surface area contributed by atoms with E-state index < -0.39 is 0 Å². The van der Waals surface area contributed by atoms with Crippen LogP contribution >= 0.6 is 0 Å². The predicted molar refractivity (Wildman–Crippen MR) is 51.9 cm³/mol. The van der Waals surface area contributed by atoms with Crippen molar-refractivity contribution in [1.82, 2.24) is 5.32 Å². The number of rotatable bonds is 2. The van der Waals surface area contributed by atoms with Crippen LogP contribution in [0.15, 0.2) is 18.2 Å². The molecule has 0 aromatic heterocycles. The van der Waals surface area contributed by atoms with Crippen molar-refractivity contribution >= 4 is 11.8 Å². The summed E-state index contributed by atoms with van der Waals surface area (Å²) in [5, 5.41) is 2.28. The summed E-state index contributed by atoms with van der Waals surface area (Å²) in [5.41, 5.74) is 1.92. The quantitative estimate of drug-likeness (QED) is 0.712. The maximum atomic E-state index is 11.4. The summed E-state index contributed by atoms with van der Waals surface area (Å²) in [6, 6.07) is 5.33. The topological polar surface area (TPSA) is 46.2 Å². The van der Waals surface area contributed by atoms with Crippen LogP contribution in [0.25, 0.3) is 0 Å². The van der Waals surface area contributed by atoms with E-state index in [1.54, 1.807) is 12.1 Å². The standard InChI is InChI=1S/C11H10NO2/c1-2-4-7-5-3-6-8-9(7)11(14)12-10(8)13/h3,5-6H,1-2,4H2,(H,12,13,14). The van der Waals surface area contributed by atoms with E-state index in [-0.39, 0.29) is 11.8 Å². The number of carbonyl (C=O) groups excluding carboxylic acids is 2.